The van der Waals surface area contributed by atoms with Crippen LogP contribution in [0.15, 0.2) is 24.3 Å². The zero-order chi connectivity index (χ0) is 15.1. The van der Waals surface area contributed by atoms with Gasteiger partial charge in [-0.1, -0.05) is 12.1 Å². The predicted octanol–water partition coefficient (Wildman–Crippen LogP) is 1.61. The number of para-hydroxylation sites is 2. The minimum atomic E-state index is -1.12. The van der Waals surface area contributed by atoms with Crippen LogP contribution in [0.1, 0.15) is 25.7 Å². The minimum Gasteiger partial charge on any atom is -0.470 e. The van der Waals surface area contributed by atoms with Gasteiger partial charge in [0.2, 0.25) is 12.2 Å². The van der Waals surface area contributed by atoms with Crippen LogP contribution in [0, 0.1) is 0 Å². The maximum Gasteiger partial charge on any atom is 0.352 e. The molecule has 3 aliphatic rings. The molecule has 22 heavy (non-hydrogen) atoms. The van der Waals surface area contributed by atoms with E-state index in [9.17, 15) is 9.59 Å². The van der Waals surface area contributed by atoms with Gasteiger partial charge in [-0.15, -0.1) is 0 Å². The average molecular weight is 304 g/mol. The highest BCUT2D eigenvalue weighted by Crippen LogP contribution is 2.36. The molecule has 2 unspecified atom stereocenters. The molecule has 1 heterocycles. The first-order chi connectivity index (χ1) is 10.7. The van der Waals surface area contributed by atoms with Crippen LogP contribution in [-0.4, -0.2) is 36.4 Å². The van der Waals surface area contributed by atoms with Gasteiger partial charge in [-0.25, -0.2) is 9.59 Å². The first-order valence-corrected chi connectivity index (χ1v) is 7.54. The number of fused-ring (bicyclic) bond motifs is 1. The highest BCUT2D eigenvalue weighted by atomic mass is 16.6. The number of benzene rings is 1. The topological polar surface area (TPSA) is 71.1 Å². The molecule has 0 spiro atoms. The van der Waals surface area contributed by atoms with Gasteiger partial charge in [-0.3, -0.25) is 0 Å². The van der Waals surface area contributed by atoms with Crippen molar-refractivity contribution in [3.05, 3.63) is 24.3 Å². The summed E-state index contributed by atoms with van der Waals surface area (Å²) in [4.78, 5) is 24.5. The number of carbonyl (C=O) groups is 2. The van der Waals surface area contributed by atoms with Crippen LogP contribution in [0.4, 0.5) is 0 Å². The fraction of sp³-hybridized carbons (Fsp3) is 0.500. The highest BCUT2D eigenvalue weighted by Gasteiger charge is 2.46. The van der Waals surface area contributed by atoms with E-state index in [-0.39, 0.29) is 12.2 Å². The van der Waals surface area contributed by atoms with Gasteiger partial charge in [0, 0.05) is 0 Å². The fourth-order valence-corrected chi connectivity index (χ4v) is 2.22. The Morgan fingerprint density at radius 3 is 1.59 bits per heavy atom. The van der Waals surface area contributed by atoms with Crippen molar-refractivity contribution in [2.24, 2.45) is 0 Å². The van der Waals surface area contributed by atoms with Gasteiger partial charge in [0.15, 0.2) is 11.5 Å². The van der Waals surface area contributed by atoms with Crippen molar-refractivity contribution >= 4 is 11.9 Å². The molecular weight excluding hydrogens is 288 g/mol. The largest absolute Gasteiger partial charge is 0.470 e. The normalized spacial score (nSPS) is 26.2. The van der Waals surface area contributed by atoms with Crippen molar-refractivity contribution < 1.29 is 28.5 Å². The van der Waals surface area contributed by atoms with E-state index in [1.54, 1.807) is 24.3 Å². The molecular formula is C16H16O6. The third-order valence-corrected chi connectivity index (χ3v) is 3.71. The molecule has 0 N–H and O–H groups in total. The molecule has 0 radical (unpaired) electrons. The molecule has 2 saturated carbocycles. The van der Waals surface area contributed by atoms with Gasteiger partial charge in [-0.2, -0.15) is 0 Å². The Balaban J connectivity index is 1.56. The first kappa shape index (κ1) is 13.4. The minimum absolute atomic E-state index is 0.0617. The summed E-state index contributed by atoms with van der Waals surface area (Å²) in [5.74, 6) is -0.295. The van der Waals surface area contributed by atoms with E-state index >= 15 is 0 Å². The average Bonchev–Trinajstić information content (AvgIpc) is 3.42. The molecule has 6 heteroatoms. The van der Waals surface area contributed by atoms with E-state index in [0.29, 0.717) is 11.5 Å². The zero-order valence-electron chi connectivity index (χ0n) is 11.9. The Hall–Kier alpha value is -2.24. The number of esters is 2. The Morgan fingerprint density at radius 1 is 0.818 bits per heavy atom. The van der Waals surface area contributed by atoms with E-state index in [1.807, 2.05) is 0 Å². The Morgan fingerprint density at radius 2 is 1.23 bits per heavy atom. The number of ether oxygens (including phenoxy) is 4. The van der Waals surface area contributed by atoms with Crippen LogP contribution >= 0.6 is 0 Å². The Labute approximate surface area is 127 Å². The summed E-state index contributed by atoms with van der Waals surface area (Å²) in [6.45, 7) is 0. The molecule has 2 fully saturated rings. The van der Waals surface area contributed by atoms with Crippen LogP contribution < -0.4 is 9.47 Å². The summed E-state index contributed by atoms with van der Waals surface area (Å²) in [7, 11) is 0. The lowest BCUT2D eigenvalue weighted by Gasteiger charge is -2.31. The second kappa shape index (κ2) is 5.19. The van der Waals surface area contributed by atoms with Crippen molar-refractivity contribution in [3.63, 3.8) is 0 Å². The van der Waals surface area contributed by atoms with Gasteiger partial charge in [-0.05, 0) is 37.8 Å². The summed E-state index contributed by atoms with van der Waals surface area (Å²) in [6, 6.07) is 6.92. The van der Waals surface area contributed by atoms with E-state index in [0.717, 1.165) is 25.7 Å². The third kappa shape index (κ3) is 2.73. The lowest BCUT2D eigenvalue weighted by Crippen LogP contribution is -2.51. The van der Waals surface area contributed by atoms with Gasteiger partial charge >= 0.3 is 11.9 Å². The molecule has 1 aromatic rings. The van der Waals surface area contributed by atoms with Crippen molar-refractivity contribution in [2.75, 3.05) is 0 Å². The predicted molar refractivity (Wildman–Crippen MR) is 73.5 cm³/mol. The molecule has 1 aliphatic heterocycles. The molecule has 6 nitrogen and oxygen atoms in total. The van der Waals surface area contributed by atoms with Gasteiger partial charge < -0.3 is 18.9 Å². The van der Waals surface area contributed by atoms with Crippen molar-refractivity contribution in [3.8, 4) is 11.5 Å². The summed E-state index contributed by atoms with van der Waals surface area (Å²) >= 11 is 0. The molecule has 0 bridgehead atoms. The summed E-state index contributed by atoms with van der Waals surface area (Å²) < 4.78 is 21.8. The molecule has 2 aliphatic carbocycles. The van der Waals surface area contributed by atoms with Crippen LogP contribution in [0.3, 0.4) is 0 Å². The Kier molecular flexibility index (Phi) is 3.17. The van der Waals surface area contributed by atoms with E-state index in [2.05, 4.69) is 0 Å². The van der Waals surface area contributed by atoms with Crippen LogP contribution in [0.5, 0.6) is 11.5 Å². The molecule has 0 amide bonds. The molecule has 116 valence electrons. The first-order valence-electron chi connectivity index (χ1n) is 7.54. The molecule has 2 atom stereocenters. The number of carbonyl (C=O) groups excluding carboxylic acids is 2. The number of hydrogen-bond donors (Lipinski definition) is 0. The summed E-state index contributed by atoms with van der Waals surface area (Å²) in [5.41, 5.74) is 0. The summed E-state index contributed by atoms with van der Waals surface area (Å²) in [6.07, 6.45) is 1.05. The lowest BCUT2D eigenvalue weighted by atomic mass is 10.1. The maximum atomic E-state index is 12.2. The monoisotopic (exact) mass is 304 g/mol. The smallest absolute Gasteiger partial charge is 0.352 e. The number of rotatable bonds is 4. The van der Waals surface area contributed by atoms with E-state index < -0.39 is 24.1 Å². The SMILES string of the molecule is O=C(OC1CC1)C1Oc2ccccc2OC1C(=O)OC1CC1. The van der Waals surface area contributed by atoms with Crippen molar-refractivity contribution in [1.82, 2.24) is 0 Å². The van der Waals surface area contributed by atoms with Gasteiger partial charge in [0.25, 0.3) is 0 Å². The van der Waals surface area contributed by atoms with Crippen LogP contribution in [0.25, 0.3) is 0 Å². The second-order valence-electron chi connectivity index (χ2n) is 5.80. The molecule has 1 aromatic carbocycles. The standard InChI is InChI=1S/C16H16O6/c17-15(19-9-5-6-9)13-14(16(18)20-10-7-8-10)22-12-4-2-1-3-11(12)21-13/h1-4,9-10,13-14H,5-8H2. The van der Waals surface area contributed by atoms with E-state index in [1.165, 1.54) is 0 Å². The Bertz CT molecular complexity index is 551. The third-order valence-electron chi connectivity index (χ3n) is 3.71. The number of hydrogen-bond acceptors (Lipinski definition) is 6. The van der Waals surface area contributed by atoms with Gasteiger partial charge in [0.05, 0.1) is 0 Å². The second-order valence-corrected chi connectivity index (χ2v) is 5.80. The molecule has 0 saturated heterocycles. The van der Waals surface area contributed by atoms with Crippen molar-refractivity contribution in [1.29, 1.82) is 0 Å². The fourth-order valence-electron chi connectivity index (χ4n) is 2.22. The van der Waals surface area contributed by atoms with Crippen molar-refractivity contribution in [2.45, 2.75) is 50.1 Å². The molecule has 4 rings (SSSR count). The van der Waals surface area contributed by atoms with Crippen LogP contribution in [0.2, 0.25) is 0 Å². The van der Waals surface area contributed by atoms with Crippen LogP contribution in [-0.2, 0) is 19.1 Å². The van der Waals surface area contributed by atoms with Gasteiger partial charge in [0.1, 0.15) is 12.2 Å². The lowest BCUT2D eigenvalue weighted by molar-refractivity contribution is -0.173. The highest BCUT2D eigenvalue weighted by molar-refractivity contribution is 5.87. The molecule has 0 aromatic heterocycles. The zero-order valence-corrected chi connectivity index (χ0v) is 11.9. The quantitative estimate of drug-likeness (QED) is 0.787. The maximum absolute atomic E-state index is 12.2. The van der Waals surface area contributed by atoms with E-state index in [4.69, 9.17) is 18.9 Å². The summed E-state index contributed by atoms with van der Waals surface area (Å²) in [5, 5.41) is 0.